The summed E-state index contributed by atoms with van der Waals surface area (Å²) in [7, 11) is 6.03. The standard InChI is InChI=1S/C19H20ClFN4/c1-24(2)10-11-25(3)19-15-9-8-13(20)12-17(15)22-18(23-19)14-6-4-5-7-16(14)21/h4-9,12H,10-11H2,1-3H3. The molecular weight excluding hydrogens is 339 g/mol. The van der Waals surface area contributed by atoms with Gasteiger partial charge in [0.2, 0.25) is 0 Å². The number of halogens is 2. The van der Waals surface area contributed by atoms with Crippen molar-refractivity contribution >= 4 is 28.3 Å². The fourth-order valence-electron chi connectivity index (χ4n) is 2.60. The van der Waals surface area contributed by atoms with Crippen LogP contribution in [0.15, 0.2) is 42.5 Å². The van der Waals surface area contributed by atoms with Gasteiger partial charge >= 0.3 is 0 Å². The Morgan fingerprint density at radius 1 is 1.00 bits per heavy atom. The van der Waals surface area contributed by atoms with Gasteiger partial charge in [0.15, 0.2) is 5.82 Å². The highest BCUT2D eigenvalue weighted by molar-refractivity contribution is 6.31. The molecular formula is C19H20ClFN4. The van der Waals surface area contributed by atoms with Gasteiger partial charge in [-0.25, -0.2) is 14.4 Å². The molecule has 0 saturated heterocycles. The van der Waals surface area contributed by atoms with E-state index >= 15 is 0 Å². The lowest BCUT2D eigenvalue weighted by atomic mass is 10.1. The molecule has 0 atom stereocenters. The maximum absolute atomic E-state index is 14.2. The Morgan fingerprint density at radius 2 is 1.76 bits per heavy atom. The highest BCUT2D eigenvalue weighted by Crippen LogP contribution is 2.29. The van der Waals surface area contributed by atoms with E-state index in [1.54, 1.807) is 24.3 Å². The Kier molecular flexibility index (Phi) is 5.16. The highest BCUT2D eigenvalue weighted by atomic mass is 35.5. The minimum atomic E-state index is -0.342. The second-order valence-electron chi connectivity index (χ2n) is 6.24. The third kappa shape index (κ3) is 3.89. The number of anilines is 1. The molecule has 0 aliphatic carbocycles. The summed E-state index contributed by atoms with van der Waals surface area (Å²) in [6.45, 7) is 1.67. The number of hydrogen-bond donors (Lipinski definition) is 0. The van der Waals surface area contributed by atoms with Crippen LogP contribution in [-0.2, 0) is 0 Å². The number of hydrogen-bond acceptors (Lipinski definition) is 4. The molecule has 0 aliphatic rings. The van der Waals surface area contributed by atoms with Crippen molar-refractivity contribution in [2.45, 2.75) is 0 Å². The van der Waals surface area contributed by atoms with Gasteiger partial charge in [-0.05, 0) is 44.4 Å². The molecule has 0 radical (unpaired) electrons. The first-order chi connectivity index (χ1) is 12.0. The molecule has 2 aromatic carbocycles. The SMILES string of the molecule is CN(C)CCN(C)c1nc(-c2ccccc2F)nc2cc(Cl)ccc12. The van der Waals surface area contributed by atoms with E-state index in [2.05, 4.69) is 19.8 Å². The van der Waals surface area contributed by atoms with Crippen LogP contribution in [0.4, 0.5) is 10.2 Å². The van der Waals surface area contributed by atoms with Crippen molar-refractivity contribution < 1.29 is 4.39 Å². The molecule has 130 valence electrons. The van der Waals surface area contributed by atoms with Crippen molar-refractivity contribution in [3.05, 3.63) is 53.3 Å². The van der Waals surface area contributed by atoms with Gasteiger partial charge in [-0.15, -0.1) is 0 Å². The molecule has 0 unspecified atom stereocenters. The molecule has 0 bridgehead atoms. The molecule has 0 amide bonds. The first-order valence-electron chi connectivity index (χ1n) is 8.04. The quantitative estimate of drug-likeness (QED) is 0.687. The van der Waals surface area contributed by atoms with Gasteiger partial charge in [0, 0.05) is 30.5 Å². The van der Waals surface area contributed by atoms with Gasteiger partial charge in [0.05, 0.1) is 11.1 Å². The second-order valence-corrected chi connectivity index (χ2v) is 6.67. The Bertz CT molecular complexity index is 898. The normalized spacial score (nSPS) is 11.3. The van der Waals surface area contributed by atoms with Crippen molar-refractivity contribution in [2.75, 3.05) is 39.1 Å². The predicted molar refractivity (Wildman–Crippen MR) is 102 cm³/mol. The van der Waals surface area contributed by atoms with Crippen LogP contribution >= 0.6 is 11.6 Å². The van der Waals surface area contributed by atoms with Gasteiger partial charge in [-0.1, -0.05) is 23.7 Å². The van der Waals surface area contributed by atoms with Crippen molar-refractivity contribution in [1.82, 2.24) is 14.9 Å². The maximum Gasteiger partial charge on any atom is 0.165 e. The molecule has 0 N–H and O–H groups in total. The topological polar surface area (TPSA) is 32.3 Å². The van der Waals surface area contributed by atoms with Crippen LogP contribution in [0.25, 0.3) is 22.3 Å². The summed E-state index contributed by atoms with van der Waals surface area (Å²) in [4.78, 5) is 13.3. The average molecular weight is 359 g/mol. The predicted octanol–water partition coefficient (Wildman–Crippen LogP) is 4.09. The van der Waals surface area contributed by atoms with Gasteiger partial charge in [-0.3, -0.25) is 0 Å². The Balaban J connectivity index is 2.15. The molecule has 0 spiro atoms. The van der Waals surface area contributed by atoms with Crippen LogP contribution in [-0.4, -0.2) is 49.1 Å². The summed E-state index contributed by atoms with van der Waals surface area (Å²) < 4.78 is 14.2. The molecule has 3 aromatic rings. The summed E-state index contributed by atoms with van der Waals surface area (Å²) in [6.07, 6.45) is 0. The number of fused-ring (bicyclic) bond motifs is 1. The summed E-state index contributed by atoms with van der Waals surface area (Å²) in [5.74, 6) is 0.784. The van der Waals surface area contributed by atoms with Crippen LogP contribution in [0.3, 0.4) is 0 Å². The highest BCUT2D eigenvalue weighted by Gasteiger charge is 2.15. The number of likely N-dealkylation sites (N-methyl/N-ethyl adjacent to an activating group) is 2. The lowest BCUT2D eigenvalue weighted by molar-refractivity contribution is 0.416. The number of nitrogens with zero attached hydrogens (tertiary/aromatic N) is 4. The van der Waals surface area contributed by atoms with E-state index in [0.717, 1.165) is 24.3 Å². The molecule has 3 rings (SSSR count). The lowest BCUT2D eigenvalue weighted by Gasteiger charge is -2.22. The Hall–Kier alpha value is -2.24. The number of benzene rings is 2. The zero-order valence-electron chi connectivity index (χ0n) is 14.5. The smallest absolute Gasteiger partial charge is 0.165 e. The molecule has 0 saturated carbocycles. The van der Waals surface area contributed by atoms with Crippen molar-refractivity contribution in [3.63, 3.8) is 0 Å². The summed E-state index contributed by atoms with van der Waals surface area (Å²) >= 11 is 6.13. The van der Waals surface area contributed by atoms with Crippen molar-refractivity contribution in [3.8, 4) is 11.4 Å². The van der Waals surface area contributed by atoms with Gasteiger partial charge < -0.3 is 9.80 Å². The second kappa shape index (κ2) is 7.33. The van der Waals surface area contributed by atoms with Gasteiger partial charge in [0.25, 0.3) is 0 Å². The largest absolute Gasteiger partial charge is 0.358 e. The van der Waals surface area contributed by atoms with E-state index in [4.69, 9.17) is 11.6 Å². The fourth-order valence-corrected chi connectivity index (χ4v) is 2.76. The van der Waals surface area contributed by atoms with Crippen molar-refractivity contribution in [1.29, 1.82) is 0 Å². The van der Waals surface area contributed by atoms with Gasteiger partial charge in [0.1, 0.15) is 11.6 Å². The molecule has 6 heteroatoms. The molecule has 0 fully saturated rings. The Labute approximate surface area is 151 Å². The fraction of sp³-hybridized carbons (Fsp3) is 0.263. The van der Waals surface area contributed by atoms with E-state index in [-0.39, 0.29) is 5.82 Å². The first kappa shape index (κ1) is 17.6. The Morgan fingerprint density at radius 3 is 2.48 bits per heavy atom. The number of aromatic nitrogens is 2. The molecule has 25 heavy (non-hydrogen) atoms. The summed E-state index contributed by atoms with van der Waals surface area (Å²) in [6, 6.07) is 12.0. The summed E-state index contributed by atoms with van der Waals surface area (Å²) in [5.41, 5.74) is 1.08. The van der Waals surface area contributed by atoms with Gasteiger partial charge in [-0.2, -0.15) is 0 Å². The lowest BCUT2D eigenvalue weighted by Crippen LogP contribution is -2.29. The molecule has 0 aliphatic heterocycles. The minimum absolute atomic E-state index is 0.342. The van der Waals surface area contributed by atoms with E-state index in [1.165, 1.54) is 6.07 Å². The van der Waals surface area contributed by atoms with Crippen LogP contribution in [0, 0.1) is 5.82 Å². The maximum atomic E-state index is 14.2. The summed E-state index contributed by atoms with van der Waals surface area (Å²) in [5, 5.41) is 1.48. The van der Waals surface area contributed by atoms with Crippen molar-refractivity contribution in [2.24, 2.45) is 0 Å². The zero-order chi connectivity index (χ0) is 18.0. The van der Waals surface area contributed by atoms with E-state index < -0.39 is 0 Å². The van der Waals surface area contributed by atoms with Crippen LogP contribution in [0.2, 0.25) is 5.02 Å². The minimum Gasteiger partial charge on any atom is -0.358 e. The third-order valence-electron chi connectivity index (χ3n) is 4.00. The van der Waals surface area contributed by atoms with Crippen LogP contribution in [0.5, 0.6) is 0 Å². The number of rotatable bonds is 5. The van der Waals surface area contributed by atoms with Crippen LogP contribution in [0.1, 0.15) is 0 Å². The van der Waals surface area contributed by atoms with E-state index in [1.807, 2.05) is 33.3 Å². The average Bonchev–Trinajstić information content (AvgIpc) is 2.58. The molecule has 1 aromatic heterocycles. The van der Waals surface area contributed by atoms with Crippen LogP contribution < -0.4 is 4.90 Å². The first-order valence-corrected chi connectivity index (χ1v) is 8.41. The zero-order valence-corrected chi connectivity index (χ0v) is 15.3. The van der Waals surface area contributed by atoms with E-state index in [0.29, 0.717) is 21.9 Å². The molecule has 1 heterocycles. The third-order valence-corrected chi connectivity index (χ3v) is 4.23. The monoisotopic (exact) mass is 358 g/mol. The van der Waals surface area contributed by atoms with E-state index in [9.17, 15) is 4.39 Å². The molecule has 4 nitrogen and oxygen atoms in total.